The van der Waals surface area contributed by atoms with Crippen LogP contribution in [0.2, 0.25) is 5.04 Å². The van der Waals surface area contributed by atoms with Crippen molar-refractivity contribution in [2.24, 2.45) is 0 Å². The average Bonchev–Trinajstić information content (AvgIpc) is 3.40. The smallest absolute Gasteiger partial charge is 0.261 e. The second kappa shape index (κ2) is 11.2. The summed E-state index contributed by atoms with van der Waals surface area (Å²) in [6.45, 7) is 8.47. The highest BCUT2D eigenvalue weighted by Gasteiger charge is 2.50. The van der Waals surface area contributed by atoms with Crippen molar-refractivity contribution in [1.29, 1.82) is 0 Å². The summed E-state index contributed by atoms with van der Waals surface area (Å²) >= 11 is 1.75. The lowest BCUT2D eigenvalue weighted by molar-refractivity contribution is 0.306. The molecule has 0 saturated heterocycles. The second-order valence-corrected chi connectivity index (χ2v) is 15.2. The molecule has 4 rings (SSSR count). The van der Waals surface area contributed by atoms with Crippen LogP contribution in [0.1, 0.15) is 31.2 Å². The molecule has 0 N–H and O–H groups in total. The van der Waals surface area contributed by atoms with Crippen LogP contribution in [-0.2, 0) is 4.43 Å². The third-order valence-electron chi connectivity index (χ3n) is 6.48. The summed E-state index contributed by atoms with van der Waals surface area (Å²) in [4.78, 5) is 3.55. The topological polar surface area (TPSA) is 12.5 Å². The Hall–Kier alpha value is -2.92. The minimum Gasteiger partial charge on any atom is -0.406 e. The SMILES string of the molecule is CN(CCO[Si](c1ccccc1)(c1ccccc1)C(C)(C)C)c1ccc(C=Cc2cccs2)cc1. The van der Waals surface area contributed by atoms with E-state index >= 15 is 0 Å². The van der Waals surface area contributed by atoms with Gasteiger partial charge in [0, 0.05) is 24.2 Å². The van der Waals surface area contributed by atoms with E-state index in [2.05, 4.69) is 147 Å². The van der Waals surface area contributed by atoms with E-state index in [9.17, 15) is 0 Å². The minimum atomic E-state index is -2.50. The molecule has 2 nitrogen and oxygen atoms in total. The molecule has 0 fully saturated rings. The summed E-state index contributed by atoms with van der Waals surface area (Å²) in [7, 11) is -0.354. The van der Waals surface area contributed by atoms with Crippen LogP contribution >= 0.6 is 11.3 Å². The van der Waals surface area contributed by atoms with Gasteiger partial charge in [-0.1, -0.05) is 106 Å². The fourth-order valence-electron chi connectivity index (χ4n) is 4.63. The Bertz CT molecular complexity index is 1160. The Labute approximate surface area is 215 Å². The van der Waals surface area contributed by atoms with Crippen molar-refractivity contribution in [3.63, 3.8) is 0 Å². The van der Waals surface area contributed by atoms with Crippen LogP contribution in [0.5, 0.6) is 0 Å². The zero-order valence-corrected chi connectivity index (χ0v) is 23.0. The maximum absolute atomic E-state index is 7.05. The van der Waals surface area contributed by atoms with Gasteiger partial charge in [-0.05, 0) is 50.6 Å². The first-order chi connectivity index (χ1) is 16.9. The highest BCUT2D eigenvalue weighted by atomic mass is 32.1. The van der Waals surface area contributed by atoms with E-state index in [1.165, 1.54) is 26.5 Å². The van der Waals surface area contributed by atoms with Crippen molar-refractivity contribution in [3.05, 3.63) is 113 Å². The van der Waals surface area contributed by atoms with Crippen molar-refractivity contribution in [1.82, 2.24) is 0 Å². The number of thiophene rings is 1. The molecule has 1 heterocycles. The molecule has 0 aliphatic rings. The van der Waals surface area contributed by atoms with Crippen LogP contribution < -0.4 is 15.3 Å². The maximum atomic E-state index is 7.05. The van der Waals surface area contributed by atoms with Crippen LogP contribution in [0.15, 0.2) is 102 Å². The number of hydrogen-bond donors (Lipinski definition) is 0. The fourth-order valence-corrected chi connectivity index (χ4v) is 9.80. The molecule has 0 aliphatic carbocycles. The summed E-state index contributed by atoms with van der Waals surface area (Å²) in [5.74, 6) is 0. The van der Waals surface area contributed by atoms with Gasteiger partial charge in [-0.15, -0.1) is 11.3 Å². The minimum absolute atomic E-state index is 0.00910. The first-order valence-corrected chi connectivity index (χ1v) is 15.0. The lowest BCUT2D eigenvalue weighted by Gasteiger charge is -2.43. The van der Waals surface area contributed by atoms with Crippen LogP contribution in [0.25, 0.3) is 12.2 Å². The molecular formula is C31H35NOSSi. The number of benzene rings is 3. The molecular weight excluding hydrogens is 463 g/mol. The number of rotatable bonds is 9. The van der Waals surface area contributed by atoms with Gasteiger partial charge in [0.25, 0.3) is 8.32 Å². The molecule has 0 atom stereocenters. The van der Waals surface area contributed by atoms with Gasteiger partial charge in [-0.3, -0.25) is 0 Å². The van der Waals surface area contributed by atoms with Crippen molar-refractivity contribution in [2.75, 3.05) is 25.1 Å². The Morgan fingerprint density at radius 1 is 0.771 bits per heavy atom. The third-order valence-corrected chi connectivity index (χ3v) is 12.4. The van der Waals surface area contributed by atoms with Crippen molar-refractivity contribution in [2.45, 2.75) is 25.8 Å². The summed E-state index contributed by atoms with van der Waals surface area (Å²) < 4.78 is 7.05. The van der Waals surface area contributed by atoms with Gasteiger partial charge in [0.2, 0.25) is 0 Å². The van der Waals surface area contributed by atoms with E-state index in [1.807, 2.05) is 0 Å². The molecule has 0 spiro atoms. The average molecular weight is 498 g/mol. The number of hydrogen-bond acceptors (Lipinski definition) is 3. The summed E-state index contributed by atoms with van der Waals surface area (Å²) in [5.41, 5.74) is 2.41. The lowest BCUT2D eigenvalue weighted by atomic mass is 10.2. The van der Waals surface area contributed by atoms with Crippen molar-refractivity contribution >= 4 is 47.9 Å². The largest absolute Gasteiger partial charge is 0.406 e. The summed E-state index contributed by atoms with van der Waals surface area (Å²) in [6.07, 6.45) is 4.34. The highest BCUT2D eigenvalue weighted by Crippen LogP contribution is 2.36. The second-order valence-electron chi connectivity index (χ2n) is 9.87. The number of nitrogens with zero attached hydrogens (tertiary/aromatic N) is 1. The molecule has 0 radical (unpaired) electrons. The lowest BCUT2D eigenvalue weighted by Crippen LogP contribution is -2.67. The summed E-state index contributed by atoms with van der Waals surface area (Å²) in [6, 6.07) is 34.7. The number of anilines is 1. The molecule has 0 saturated carbocycles. The fraction of sp³-hybridized carbons (Fsp3) is 0.226. The van der Waals surface area contributed by atoms with Crippen LogP contribution in [0.3, 0.4) is 0 Å². The normalized spacial score (nSPS) is 12.2. The molecule has 35 heavy (non-hydrogen) atoms. The Kier molecular flexibility index (Phi) is 8.06. The van der Waals surface area contributed by atoms with E-state index in [4.69, 9.17) is 4.43 Å². The zero-order chi connectivity index (χ0) is 24.7. The quantitative estimate of drug-likeness (QED) is 0.232. The molecule has 0 unspecified atom stereocenters. The Morgan fingerprint density at radius 3 is 1.89 bits per heavy atom. The van der Waals surface area contributed by atoms with Gasteiger partial charge in [-0.25, -0.2) is 0 Å². The highest BCUT2D eigenvalue weighted by molar-refractivity contribution is 7.10. The van der Waals surface area contributed by atoms with E-state index in [0.29, 0.717) is 6.61 Å². The van der Waals surface area contributed by atoms with Gasteiger partial charge < -0.3 is 9.33 Å². The third kappa shape index (κ3) is 5.84. The predicted octanol–water partition coefficient (Wildman–Crippen LogP) is 6.93. The van der Waals surface area contributed by atoms with E-state index in [1.54, 1.807) is 11.3 Å². The standard InChI is InChI=1S/C31H35NOSSi/c1-31(2,3)35(29-13-7-5-8-14-29,30-15-9-6-10-16-30)33-24-23-32(4)27-20-17-26(18-21-27)19-22-28-12-11-25-34-28/h5-22,25H,23-24H2,1-4H3. The van der Waals surface area contributed by atoms with Gasteiger partial charge in [0.1, 0.15) is 0 Å². The first-order valence-electron chi connectivity index (χ1n) is 12.2. The van der Waals surface area contributed by atoms with Crippen LogP contribution in [0, 0.1) is 0 Å². The molecule has 0 aliphatic heterocycles. The molecule has 4 heteroatoms. The molecule has 3 aromatic carbocycles. The molecule has 4 aromatic rings. The van der Waals surface area contributed by atoms with Crippen molar-refractivity contribution in [3.8, 4) is 0 Å². The van der Waals surface area contributed by atoms with Gasteiger partial charge >= 0.3 is 0 Å². The van der Waals surface area contributed by atoms with E-state index in [0.717, 1.165) is 6.54 Å². The monoisotopic (exact) mass is 497 g/mol. The molecule has 0 bridgehead atoms. The van der Waals surface area contributed by atoms with E-state index in [-0.39, 0.29) is 5.04 Å². The summed E-state index contributed by atoms with van der Waals surface area (Å²) in [5, 5.41) is 4.74. The van der Waals surface area contributed by atoms with Crippen LogP contribution in [-0.4, -0.2) is 28.5 Å². The van der Waals surface area contributed by atoms with E-state index < -0.39 is 8.32 Å². The van der Waals surface area contributed by atoms with Gasteiger partial charge in [0.15, 0.2) is 0 Å². The van der Waals surface area contributed by atoms with Crippen molar-refractivity contribution < 1.29 is 4.43 Å². The number of likely N-dealkylation sites (N-methyl/N-ethyl adjacent to an activating group) is 1. The first kappa shape index (κ1) is 25.2. The maximum Gasteiger partial charge on any atom is 0.261 e. The molecule has 0 amide bonds. The Morgan fingerprint density at radius 2 is 1.37 bits per heavy atom. The van der Waals surface area contributed by atoms with Gasteiger partial charge in [-0.2, -0.15) is 0 Å². The Balaban J connectivity index is 1.50. The van der Waals surface area contributed by atoms with Gasteiger partial charge in [0.05, 0.1) is 6.61 Å². The zero-order valence-electron chi connectivity index (χ0n) is 21.1. The van der Waals surface area contributed by atoms with Crippen LogP contribution in [0.4, 0.5) is 5.69 Å². The molecule has 1 aromatic heterocycles. The molecule has 180 valence electrons. The predicted molar refractivity (Wildman–Crippen MR) is 157 cm³/mol.